The van der Waals surface area contributed by atoms with Crippen LogP contribution in [0.5, 0.6) is 0 Å². The van der Waals surface area contributed by atoms with E-state index in [0.29, 0.717) is 23.4 Å². The van der Waals surface area contributed by atoms with E-state index in [1.165, 1.54) is 18.4 Å². The number of hydrogen-bond acceptors (Lipinski definition) is 4. The molecule has 2 aromatic rings. The summed E-state index contributed by atoms with van der Waals surface area (Å²) in [4.78, 5) is 25.6. The van der Waals surface area contributed by atoms with E-state index in [-0.39, 0.29) is 18.5 Å². The topological polar surface area (TPSA) is 62.5 Å². The minimum absolute atomic E-state index is 0.00838. The second-order valence-corrected chi connectivity index (χ2v) is 10.5. The number of aromatic nitrogens is 1. The molecule has 0 radical (unpaired) electrons. The normalized spacial score (nSPS) is 18.9. The van der Waals surface area contributed by atoms with Crippen LogP contribution in [0.1, 0.15) is 73.4 Å². The van der Waals surface area contributed by atoms with Crippen LogP contribution < -0.4 is 0 Å². The summed E-state index contributed by atoms with van der Waals surface area (Å²) >= 11 is 1.66. The lowest BCUT2D eigenvalue weighted by molar-refractivity contribution is -0.137. The lowest BCUT2D eigenvalue weighted by Gasteiger charge is -2.37. The van der Waals surface area contributed by atoms with E-state index in [0.717, 1.165) is 36.4 Å². The maximum atomic E-state index is 15.0. The Kier molecular flexibility index (Phi) is 7.92. The number of halogens is 2. The second kappa shape index (κ2) is 10.2. The fourth-order valence-corrected chi connectivity index (χ4v) is 5.83. The van der Waals surface area contributed by atoms with Crippen molar-refractivity contribution in [2.75, 3.05) is 13.1 Å². The second-order valence-electron chi connectivity index (χ2n) is 9.34. The smallest absolute Gasteiger partial charge is 0.323 e. The van der Waals surface area contributed by atoms with Crippen LogP contribution in [0.15, 0.2) is 29.2 Å². The van der Waals surface area contributed by atoms with Crippen molar-refractivity contribution >= 4 is 23.7 Å². The van der Waals surface area contributed by atoms with Gasteiger partial charge in [0.05, 0.1) is 0 Å². The van der Waals surface area contributed by atoms with Gasteiger partial charge in [0.15, 0.2) is 0 Å². The molecule has 1 aliphatic heterocycles. The van der Waals surface area contributed by atoms with E-state index in [4.69, 9.17) is 0 Å². The van der Waals surface area contributed by atoms with E-state index in [9.17, 15) is 14.7 Å². The van der Waals surface area contributed by atoms with Gasteiger partial charge in [0, 0.05) is 46.8 Å². The summed E-state index contributed by atoms with van der Waals surface area (Å²) in [6, 6.07) is 7.81. The van der Waals surface area contributed by atoms with Gasteiger partial charge >= 0.3 is 11.9 Å². The zero-order valence-electron chi connectivity index (χ0n) is 20.6. The summed E-state index contributed by atoms with van der Waals surface area (Å²) in [7, 11) is 0. The molecule has 34 heavy (non-hydrogen) atoms. The molecule has 0 atom stereocenters. The van der Waals surface area contributed by atoms with Gasteiger partial charge in [0.25, 0.3) is 0 Å². The van der Waals surface area contributed by atoms with Crippen molar-refractivity contribution in [3.05, 3.63) is 52.3 Å². The van der Waals surface area contributed by atoms with Crippen LogP contribution in [0.2, 0.25) is 0 Å². The van der Waals surface area contributed by atoms with Crippen LogP contribution in [0.4, 0.5) is 8.78 Å². The van der Waals surface area contributed by atoms with Gasteiger partial charge in [-0.1, -0.05) is 45.9 Å². The fourth-order valence-electron chi connectivity index (χ4n) is 4.71. The minimum atomic E-state index is -3.51. The van der Waals surface area contributed by atoms with Crippen molar-refractivity contribution in [1.29, 1.82) is 0 Å². The molecule has 0 saturated carbocycles. The largest absolute Gasteiger partial charge is 0.480 e. The Morgan fingerprint density at radius 2 is 1.76 bits per heavy atom. The Bertz CT molecular complexity index is 1070. The molecule has 186 valence electrons. The predicted molar refractivity (Wildman–Crippen MR) is 131 cm³/mol. The Morgan fingerprint density at radius 1 is 1.15 bits per heavy atom. The van der Waals surface area contributed by atoms with Crippen LogP contribution >= 0.6 is 11.9 Å². The van der Waals surface area contributed by atoms with E-state index in [1.807, 2.05) is 38.1 Å². The van der Waals surface area contributed by atoms with Crippen molar-refractivity contribution in [2.24, 2.45) is 5.41 Å². The average molecular weight is 493 g/mol. The molecular formula is C26H34F2N2O3S. The third kappa shape index (κ3) is 4.80. The Labute approximate surface area is 204 Å². The van der Waals surface area contributed by atoms with Crippen molar-refractivity contribution in [1.82, 2.24) is 8.87 Å². The molecule has 1 fully saturated rings. The van der Waals surface area contributed by atoms with Gasteiger partial charge in [-0.2, -0.15) is 8.78 Å². The quantitative estimate of drug-likeness (QED) is 0.501. The van der Waals surface area contributed by atoms with Crippen LogP contribution in [0, 0.1) is 12.3 Å². The average Bonchev–Trinajstić information content (AvgIpc) is 3.37. The number of carbonyl (C=O) groups excluding carboxylic acids is 1. The molecule has 1 aromatic heterocycles. The number of carboxylic acids is 1. The number of Topliss-reactive ketones (excluding diaryl/α,β-unsaturated/α-hetero) is 1. The molecule has 1 aromatic carbocycles. The summed E-state index contributed by atoms with van der Waals surface area (Å²) in [5.74, 6) is -5.78. The number of benzene rings is 1. The molecule has 0 spiro atoms. The molecule has 8 heteroatoms. The van der Waals surface area contributed by atoms with E-state index >= 15 is 8.78 Å². The number of carbonyl (C=O) groups is 2. The number of carboxylic acid groups (broad SMARTS) is 1. The van der Waals surface area contributed by atoms with Crippen molar-refractivity contribution < 1.29 is 23.5 Å². The zero-order chi connectivity index (χ0) is 25.3. The van der Waals surface area contributed by atoms with Crippen molar-refractivity contribution in [3.8, 4) is 0 Å². The van der Waals surface area contributed by atoms with Gasteiger partial charge in [-0.3, -0.25) is 9.59 Å². The predicted octanol–water partition coefficient (Wildman–Crippen LogP) is 6.00. The molecule has 2 aliphatic rings. The van der Waals surface area contributed by atoms with E-state index in [1.54, 1.807) is 18.9 Å². The summed E-state index contributed by atoms with van der Waals surface area (Å²) < 4.78 is 33.9. The maximum Gasteiger partial charge on any atom is 0.323 e. The van der Waals surface area contributed by atoms with Gasteiger partial charge in [0.1, 0.15) is 6.54 Å². The fraction of sp³-hybridized carbons (Fsp3) is 0.538. The van der Waals surface area contributed by atoms with Crippen molar-refractivity contribution in [2.45, 2.75) is 77.7 Å². The van der Waals surface area contributed by atoms with Crippen LogP contribution in [-0.2, 0) is 24.2 Å². The summed E-state index contributed by atoms with van der Waals surface area (Å²) in [6.45, 7) is 10.1. The van der Waals surface area contributed by atoms with Crippen LogP contribution in [-0.4, -0.2) is 44.7 Å². The molecule has 4 rings (SSSR count). The summed E-state index contributed by atoms with van der Waals surface area (Å²) in [5, 5.41) is 9.43. The van der Waals surface area contributed by atoms with E-state index in [2.05, 4.69) is 4.31 Å². The third-order valence-corrected chi connectivity index (χ3v) is 7.87. The lowest BCUT2D eigenvalue weighted by atomic mass is 9.72. The molecule has 1 saturated heterocycles. The molecule has 1 N–H and O–H groups in total. The highest BCUT2D eigenvalue weighted by Crippen LogP contribution is 2.48. The van der Waals surface area contributed by atoms with E-state index < -0.39 is 23.1 Å². The van der Waals surface area contributed by atoms with Crippen molar-refractivity contribution in [3.63, 3.8) is 0 Å². The highest BCUT2D eigenvalue weighted by Gasteiger charge is 2.58. The van der Waals surface area contributed by atoms with Gasteiger partial charge < -0.3 is 9.67 Å². The first kappa shape index (κ1) is 26.4. The van der Waals surface area contributed by atoms with Crippen LogP contribution in [0.3, 0.4) is 0 Å². The zero-order valence-corrected chi connectivity index (χ0v) is 21.4. The molecule has 0 amide bonds. The number of fused-ring (bicyclic) bond motifs is 1. The number of hydrogen-bond donors (Lipinski definition) is 1. The molecule has 1 aliphatic carbocycles. The standard InChI is InChI=1S/C24H28F2N2O3S.C2H6/c1-15-17(12-16-8-4-5-9-19(16)32-27-10-6-7-11-27)21-18(28(15)14-20(29)30)13-23(2,3)24(25,26)22(21)31;1-2/h4-5,8-9H,6-7,10-14H2,1-3H3,(H,29,30);1-2H3. The summed E-state index contributed by atoms with van der Waals surface area (Å²) in [5.41, 5.74) is 0.859. The number of ketones is 1. The lowest BCUT2D eigenvalue weighted by Crippen LogP contribution is -2.49. The molecule has 0 unspecified atom stereocenters. The molecule has 5 nitrogen and oxygen atoms in total. The molecule has 0 bridgehead atoms. The number of nitrogens with zero attached hydrogens (tertiary/aromatic N) is 2. The Balaban J connectivity index is 0.00000158. The number of aliphatic carboxylic acids is 1. The highest BCUT2D eigenvalue weighted by atomic mass is 32.2. The van der Waals surface area contributed by atoms with Gasteiger partial charge in [-0.25, -0.2) is 4.31 Å². The number of alkyl halides is 2. The SMILES string of the molecule is CC.Cc1c(Cc2ccccc2SN2CCCC2)c2c(n1CC(=O)O)CC(C)(C)C(F)(F)C2=O. The minimum Gasteiger partial charge on any atom is -0.480 e. The monoisotopic (exact) mass is 492 g/mol. The molecular weight excluding hydrogens is 458 g/mol. The van der Waals surface area contributed by atoms with Crippen LogP contribution in [0.25, 0.3) is 0 Å². The summed E-state index contributed by atoms with van der Waals surface area (Å²) in [6.07, 6.45) is 2.55. The first-order valence-electron chi connectivity index (χ1n) is 11.9. The highest BCUT2D eigenvalue weighted by molar-refractivity contribution is 7.97. The Morgan fingerprint density at radius 3 is 2.38 bits per heavy atom. The number of rotatable bonds is 6. The maximum absolute atomic E-state index is 15.0. The van der Waals surface area contributed by atoms with Gasteiger partial charge in [-0.15, -0.1) is 0 Å². The molecule has 2 heterocycles. The first-order valence-corrected chi connectivity index (χ1v) is 12.7. The first-order chi connectivity index (χ1) is 16.0. The van der Waals surface area contributed by atoms with Gasteiger partial charge in [-0.05, 0) is 55.3 Å². The van der Waals surface area contributed by atoms with Gasteiger partial charge in [0.2, 0.25) is 5.78 Å². The third-order valence-electron chi connectivity index (χ3n) is 6.66. The Hall–Kier alpha value is -2.19.